The van der Waals surface area contributed by atoms with Crippen molar-refractivity contribution < 1.29 is 13.2 Å². The van der Waals surface area contributed by atoms with Gasteiger partial charge in [0.1, 0.15) is 11.6 Å². The molecule has 0 atom stereocenters. The predicted octanol–water partition coefficient (Wildman–Crippen LogP) is 3.17. The molecule has 0 fully saturated rings. The van der Waals surface area contributed by atoms with E-state index >= 15 is 0 Å². The van der Waals surface area contributed by atoms with E-state index in [0.29, 0.717) is 0 Å². The molecule has 0 bridgehead atoms. The fraction of sp³-hybridized carbons (Fsp3) is 0. The third kappa shape index (κ3) is 1.70. The molecule has 1 heterocycles. The van der Waals surface area contributed by atoms with E-state index in [1.807, 2.05) is 0 Å². The Kier molecular flexibility index (Phi) is 2.41. The van der Waals surface area contributed by atoms with Crippen molar-refractivity contribution in [1.29, 1.82) is 0 Å². The number of hydrogen-bond donors (Lipinski definition) is 0. The smallest absolute Gasteiger partial charge is 0.223 e. The summed E-state index contributed by atoms with van der Waals surface area (Å²) in [6.07, 6.45) is 0.995. The lowest BCUT2D eigenvalue weighted by Gasteiger charge is -2.04. The number of halogens is 3. The number of benzene rings is 1. The minimum atomic E-state index is -1.01. The fourth-order valence-electron chi connectivity index (χ4n) is 1.32. The number of aromatic nitrogens is 1. The lowest BCUT2D eigenvalue weighted by molar-refractivity contribution is 0.553. The van der Waals surface area contributed by atoms with E-state index in [2.05, 4.69) is 4.98 Å². The van der Waals surface area contributed by atoms with Gasteiger partial charge < -0.3 is 0 Å². The van der Waals surface area contributed by atoms with Gasteiger partial charge in [-0.2, -0.15) is 4.39 Å². The van der Waals surface area contributed by atoms with Crippen LogP contribution < -0.4 is 0 Å². The van der Waals surface area contributed by atoms with Crippen molar-refractivity contribution in [2.75, 3.05) is 0 Å². The summed E-state index contributed by atoms with van der Waals surface area (Å²) < 4.78 is 39.7. The lowest BCUT2D eigenvalue weighted by Crippen LogP contribution is -1.95. The second kappa shape index (κ2) is 3.73. The van der Waals surface area contributed by atoms with Crippen LogP contribution in [-0.2, 0) is 0 Å². The van der Waals surface area contributed by atoms with E-state index in [1.165, 1.54) is 18.2 Å². The third-order valence-corrected chi connectivity index (χ3v) is 2.00. The molecule has 76 valence electrons. The second-order valence-corrected chi connectivity index (χ2v) is 2.94. The van der Waals surface area contributed by atoms with Crippen LogP contribution in [0.2, 0.25) is 0 Å². The SMILES string of the molecule is Fc1ccccc1-c1c(F)ccnc1F. The van der Waals surface area contributed by atoms with E-state index in [0.717, 1.165) is 18.3 Å². The Morgan fingerprint density at radius 3 is 2.27 bits per heavy atom. The maximum absolute atomic E-state index is 13.3. The summed E-state index contributed by atoms with van der Waals surface area (Å²) in [6, 6.07) is 6.39. The topological polar surface area (TPSA) is 12.9 Å². The van der Waals surface area contributed by atoms with Crippen molar-refractivity contribution in [2.45, 2.75) is 0 Å². The van der Waals surface area contributed by atoms with E-state index < -0.39 is 23.1 Å². The van der Waals surface area contributed by atoms with Gasteiger partial charge in [-0.3, -0.25) is 0 Å². The summed E-state index contributed by atoms with van der Waals surface area (Å²) in [5.41, 5.74) is -0.559. The monoisotopic (exact) mass is 209 g/mol. The maximum atomic E-state index is 13.3. The number of pyridine rings is 1. The van der Waals surface area contributed by atoms with Crippen LogP contribution in [0.3, 0.4) is 0 Å². The summed E-state index contributed by atoms with van der Waals surface area (Å²) in [5.74, 6) is -2.52. The number of rotatable bonds is 1. The molecule has 4 heteroatoms. The van der Waals surface area contributed by atoms with Gasteiger partial charge in [-0.05, 0) is 12.1 Å². The molecular formula is C11H6F3N. The Bertz CT molecular complexity index is 477. The molecule has 0 amide bonds. The van der Waals surface area contributed by atoms with Crippen molar-refractivity contribution in [2.24, 2.45) is 0 Å². The number of hydrogen-bond acceptors (Lipinski definition) is 1. The van der Waals surface area contributed by atoms with Gasteiger partial charge in [0.05, 0.1) is 5.56 Å². The van der Waals surface area contributed by atoms with Crippen LogP contribution in [0.4, 0.5) is 13.2 Å². The first-order valence-corrected chi connectivity index (χ1v) is 4.25. The Labute approximate surface area is 84.2 Å². The van der Waals surface area contributed by atoms with E-state index in [1.54, 1.807) is 0 Å². The third-order valence-electron chi connectivity index (χ3n) is 2.00. The molecule has 2 aromatic rings. The van der Waals surface area contributed by atoms with Gasteiger partial charge >= 0.3 is 0 Å². The molecule has 0 spiro atoms. The Hall–Kier alpha value is -1.84. The minimum Gasteiger partial charge on any atom is -0.228 e. The highest BCUT2D eigenvalue weighted by atomic mass is 19.1. The van der Waals surface area contributed by atoms with E-state index in [-0.39, 0.29) is 5.56 Å². The zero-order chi connectivity index (χ0) is 10.8. The molecule has 1 aromatic carbocycles. The van der Waals surface area contributed by atoms with Crippen LogP contribution in [0.15, 0.2) is 36.5 Å². The molecule has 0 aliphatic carbocycles. The lowest BCUT2D eigenvalue weighted by atomic mass is 10.1. The highest BCUT2D eigenvalue weighted by Gasteiger charge is 2.14. The molecule has 0 aliphatic heterocycles. The maximum Gasteiger partial charge on any atom is 0.223 e. The molecule has 15 heavy (non-hydrogen) atoms. The van der Waals surface area contributed by atoms with Crippen LogP contribution in [0.25, 0.3) is 11.1 Å². The molecule has 0 saturated heterocycles. The predicted molar refractivity (Wildman–Crippen MR) is 49.5 cm³/mol. The normalized spacial score (nSPS) is 10.3. The second-order valence-electron chi connectivity index (χ2n) is 2.94. The van der Waals surface area contributed by atoms with Crippen molar-refractivity contribution in [3.63, 3.8) is 0 Å². The van der Waals surface area contributed by atoms with Gasteiger partial charge in [0.15, 0.2) is 0 Å². The minimum absolute atomic E-state index is 0.124. The van der Waals surface area contributed by atoms with Gasteiger partial charge in [-0.25, -0.2) is 13.8 Å². The summed E-state index contributed by atoms with van der Waals surface area (Å²) >= 11 is 0. The number of nitrogens with zero attached hydrogens (tertiary/aromatic N) is 1. The van der Waals surface area contributed by atoms with Gasteiger partial charge in [0.25, 0.3) is 0 Å². The Morgan fingerprint density at radius 2 is 1.60 bits per heavy atom. The molecule has 0 radical (unpaired) electrons. The molecule has 0 unspecified atom stereocenters. The quantitative estimate of drug-likeness (QED) is 0.657. The van der Waals surface area contributed by atoms with E-state index in [9.17, 15) is 13.2 Å². The van der Waals surface area contributed by atoms with Crippen LogP contribution in [0.1, 0.15) is 0 Å². The first kappa shape index (κ1) is 9.71. The van der Waals surface area contributed by atoms with Crippen LogP contribution in [-0.4, -0.2) is 4.98 Å². The molecule has 2 rings (SSSR count). The van der Waals surface area contributed by atoms with Crippen LogP contribution in [0, 0.1) is 17.6 Å². The van der Waals surface area contributed by atoms with Crippen LogP contribution in [0.5, 0.6) is 0 Å². The van der Waals surface area contributed by atoms with Crippen molar-refractivity contribution in [1.82, 2.24) is 4.98 Å². The first-order chi connectivity index (χ1) is 7.20. The largest absolute Gasteiger partial charge is 0.228 e. The molecule has 0 N–H and O–H groups in total. The molecular weight excluding hydrogens is 203 g/mol. The van der Waals surface area contributed by atoms with Crippen LogP contribution >= 0.6 is 0 Å². The molecule has 0 saturated carbocycles. The molecule has 1 nitrogen and oxygen atoms in total. The Morgan fingerprint density at radius 1 is 0.867 bits per heavy atom. The standard InChI is InChI=1S/C11H6F3N/c12-8-4-2-1-3-7(8)10-9(13)5-6-15-11(10)14/h1-6H. The molecule has 0 aliphatic rings. The van der Waals surface area contributed by atoms with E-state index in [4.69, 9.17) is 0 Å². The first-order valence-electron chi connectivity index (χ1n) is 4.25. The van der Waals surface area contributed by atoms with Crippen molar-refractivity contribution in [3.05, 3.63) is 54.1 Å². The van der Waals surface area contributed by atoms with Gasteiger partial charge in [-0.1, -0.05) is 18.2 Å². The summed E-state index contributed by atoms with van der Waals surface area (Å²) in [5, 5.41) is 0. The highest BCUT2D eigenvalue weighted by Crippen LogP contribution is 2.26. The molecule has 1 aromatic heterocycles. The fourth-order valence-corrected chi connectivity index (χ4v) is 1.32. The summed E-state index contributed by atoms with van der Waals surface area (Å²) in [4.78, 5) is 3.28. The summed E-state index contributed by atoms with van der Waals surface area (Å²) in [7, 11) is 0. The Balaban J connectivity index is 2.69. The zero-order valence-corrected chi connectivity index (χ0v) is 7.55. The van der Waals surface area contributed by atoms with Gasteiger partial charge in [-0.15, -0.1) is 0 Å². The average Bonchev–Trinajstić information content (AvgIpc) is 2.20. The van der Waals surface area contributed by atoms with Crippen molar-refractivity contribution in [3.8, 4) is 11.1 Å². The average molecular weight is 209 g/mol. The van der Waals surface area contributed by atoms with Gasteiger partial charge in [0.2, 0.25) is 5.95 Å². The highest BCUT2D eigenvalue weighted by molar-refractivity contribution is 5.64. The van der Waals surface area contributed by atoms with Crippen molar-refractivity contribution >= 4 is 0 Å². The summed E-state index contributed by atoms with van der Waals surface area (Å²) in [6.45, 7) is 0. The zero-order valence-electron chi connectivity index (χ0n) is 7.55. The van der Waals surface area contributed by atoms with Gasteiger partial charge in [0, 0.05) is 11.8 Å².